The van der Waals surface area contributed by atoms with Crippen molar-refractivity contribution in [3.63, 3.8) is 0 Å². The van der Waals surface area contributed by atoms with Gasteiger partial charge >= 0.3 is 0 Å². The molecule has 3 N–H and O–H groups in total. The molecule has 3 saturated carbocycles. The molecule has 1 spiro atoms. The highest BCUT2D eigenvalue weighted by Gasteiger charge is 2.72. The zero-order valence-electron chi connectivity index (χ0n) is 24.3. The average molecular weight is 591 g/mol. The highest BCUT2D eigenvalue weighted by atomic mass is 32.2. The van der Waals surface area contributed by atoms with Crippen LogP contribution in [0.1, 0.15) is 59.8 Å². The topological polar surface area (TPSA) is 144 Å². The maximum absolute atomic E-state index is 13.6. The molecule has 1 aromatic carbocycles. The van der Waals surface area contributed by atoms with Crippen molar-refractivity contribution in [2.45, 2.75) is 94.8 Å². The minimum Gasteiger partial charge on any atom is -0.399 e. The lowest BCUT2D eigenvalue weighted by Crippen LogP contribution is -2.74. The number of benzene rings is 1. The van der Waals surface area contributed by atoms with Gasteiger partial charge < -0.3 is 25.1 Å². The molecule has 0 aromatic heterocycles. The number of aliphatic hydroxyl groups is 2. The number of aliphatic hydroxyl groups excluding tert-OH is 2. The average Bonchev–Trinajstić information content (AvgIpc) is 3.19. The number of nitrogens with zero attached hydrogens (tertiary/aromatic N) is 1. The lowest BCUT2D eigenvalue weighted by molar-refractivity contribution is -0.327. The van der Waals surface area contributed by atoms with Crippen molar-refractivity contribution in [1.82, 2.24) is 5.32 Å². The molecule has 5 fully saturated rings. The third-order valence-electron chi connectivity index (χ3n) is 11.5. The van der Waals surface area contributed by atoms with Crippen molar-refractivity contribution in [2.24, 2.45) is 45.6 Å². The molecule has 1 amide bonds. The summed E-state index contributed by atoms with van der Waals surface area (Å²) in [6.07, 6.45) is -0.477. The van der Waals surface area contributed by atoms with E-state index in [1.165, 1.54) is 19.2 Å². The van der Waals surface area contributed by atoms with E-state index in [4.69, 9.17) is 13.8 Å². The molecule has 5 aliphatic rings. The number of ether oxygens (including phenoxy) is 1. The fourth-order valence-electron chi connectivity index (χ4n) is 9.36. The minimum atomic E-state index is -4.16. The van der Waals surface area contributed by atoms with E-state index in [1.807, 2.05) is 13.8 Å². The van der Waals surface area contributed by atoms with E-state index in [9.17, 15) is 23.4 Å². The summed E-state index contributed by atoms with van der Waals surface area (Å²) in [4.78, 5) is 18.0. The fraction of sp³-hybridized carbons (Fsp3) is 0.733. The van der Waals surface area contributed by atoms with Gasteiger partial charge in [-0.3, -0.25) is 8.98 Å². The quantitative estimate of drug-likeness (QED) is 0.359. The molecular formula is C30H42N2O8S. The van der Waals surface area contributed by atoms with E-state index in [1.54, 1.807) is 18.2 Å². The Morgan fingerprint density at radius 3 is 2.49 bits per heavy atom. The van der Waals surface area contributed by atoms with Crippen molar-refractivity contribution in [2.75, 3.05) is 7.11 Å². The van der Waals surface area contributed by atoms with Crippen LogP contribution in [0.2, 0.25) is 0 Å². The van der Waals surface area contributed by atoms with Crippen LogP contribution in [-0.4, -0.2) is 67.5 Å². The van der Waals surface area contributed by atoms with Crippen molar-refractivity contribution in [1.29, 1.82) is 0 Å². The summed E-state index contributed by atoms with van der Waals surface area (Å²) in [5.41, 5.74) is -1.47. The predicted molar refractivity (Wildman–Crippen MR) is 149 cm³/mol. The van der Waals surface area contributed by atoms with Gasteiger partial charge in [-0.15, -0.1) is 0 Å². The maximum atomic E-state index is 13.6. The molecule has 2 saturated heterocycles. The van der Waals surface area contributed by atoms with Crippen molar-refractivity contribution in [3.8, 4) is 0 Å². The zero-order valence-corrected chi connectivity index (χ0v) is 25.1. The van der Waals surface area contributed by atoms with Crippen molar-refractivity contribution < 1.29 is 37.2 Å². The third-order valence-corrected chi connectivity index (χ3v) is 12.9. The van der Waals surface area contributed by atoms with Gasteiger partial charge in [-0.1, -0.05) is 51.0 Å². The number of oxime groups is 1. The Kier molecular flexibility index (Phi) is 6.90. The van der Waals surface area contributed by atoms with Gasteiger partial charge in [0.2, 0.25) is 5.91 Å². The molecule has 2 aliphatic heterocycles. The van der Waals surface area contributed by atoms with E-state index < -0.39 is 62.9 Å². The third kappa shape index (κ3) is 4.13. The number of carbonyl (C=O) groups excluding carboxylic acids is 1. The molecule has 0 radical (unpaired) electrons. The normalized spacial score (nSPS) is 46.1. The number of carbonyl (C=O) groups is 1. The van der Waals surface area contributed by atoms with E-state index in [-0.39, 0.29) is 41.4 Å². The number of fused-ring (bicyclic) bond motifs is 3. The predicted octanol–water partition coefficient (Wildman–Crippen LogP) is 2.83. The zero-order chi connectivity index (χ0) is 29.5. The number of hydrogen-bond donors (Lipinski definition) is 3. The molecule has 11 unspecified atom stereocenters. The maximum Gasteiger partial charge on any atom is 0.297 e. The Morgan fingerprint density at radius 1 is 1.10 bits per heavy atom. The van der Waals surface area contributed by atoms with Crippen LogP contribution in [0.25, 0.3) is 0 Å². The second-order valence-electron chi connectivity index (χ2n) is 13.7. The smallest absolute Gasteiger partial charge is 0.297 e. The van der Waals surface area contributed by atoms with Gasteiger partial charge in [0, 0.05) is 29.1 Å². The highest BCUT2D eigenvalue weighted by molar-refractivity contribution is 7.86. The Morgan fingerprint density at radius 2 is 1.80 bits per heavy atom. The summed E-state index contributed by atoms with van der Waals surface area (Å²) in [7, 11) is -2.72. The summed E-state index contributed by atoms with van der Waals surface area (Å²) in [6.45, 7) is 8.49. The van der Waals surface area contributed by atoms with Gasteiger partial charge in [-0.25, -0.2) is 0 Å². The fourth-order valence-corrected chi connectivity index (χ4v) is 10.4. The summed E-state index contributed by atoms with van der Waals surface area (Å²) in [5.74, 6) is -1.45. The van der Waals surface area contributed by atoms with Gasteiger partial charge in [0.1, 0.15) is 19.4 Å². The van der Waals surface area contributed by atoms with Crippen LogP contribution < -0.4 is 5.32 Å². The molecule has 226 valence electrons. The molecule has 11 heteroatoms. The lowest BCUT2D eigenvalue weighted by Gasteiger charge is -2.70. The second-order valence-corrected chi connectivity index (χ2v) is 15.2. The van der Waals surface area contributed by atoms with E-state index in [0.29, 0.717) is 12.1 Å². The Balaban J connectivity index is 1.48. The number of rotatable bonds is 4. The molecule has 3 aliphatic carbocycles. The summed E-state index contributed by atoms with van der Waals surface area (Å²) in [5, 5.41) is 29.3. The SMILES string of the molecule is CON=C1C(OS(=O)(=O)c2ccccc2)CC23OC4C(CC2(C)C(C)CCC3C1(C)C)C(O)CC1C(=O)NC(O)C14. The second kappa shape index (κ2) is 9.74. The standard InChI is InChI=1S/C30H42N2O8S/c1-16-11-12-22-28(2,3)25(32-38-5)21(40-41(36,37)17-9-7-6-8-10-17)15-30(22)29(16,4)14-19-20(33)13-18-23(24(19)39-30)27(35)31-26(18)34/h6-10,16,18-24,27,33,35H,11-15H2,1-5H3,(H,31,34). The lowest BCUT2D eigenvalue weighted by atomic mass is 9.42. The van der Waals surface area contributed by atoms with Gasteiger partial charge in [0.05, 0.1) is 34.3 Å². The number of amides is 1. The molecule has 1 aromatic rings. The van der Waals surface area contributed by atoms with Crippen molar-refractivity contribution in [3.05, 3.63) is 30.3 Å². The van der Waals surface area contributed by atoms with Crippen LogP contribution in [0, 0.1) is 40.4 Å². The van der Waals surface area contributed by atoms with Crippen LogP contribution in [0.3, 0.4) is 0 Å². The van der Waals surface area contributed by atoms with Crippen LogP contribution in [0.4, 0.5) is 0 Å². The van der Waals surface area contributed by atoms with E-state index in [0.717, 1.165) is 12.8 Å². The van der Waals surface area contributed by atoms with Gasteiger partial charge in [0.15, 0.2) is 0 Å². The molecular weight excluding hydrogens is 548 g/mol. The molecule has 41 heavy (non-hydrogen) atoms. The molecule has 10 nitrogen and oxygen atoms in total. The van der Waals surface area contributed by atoms with Gasteiger partial charge in [-0.2, -0.15) is 8.42 Å². The molecule has 6 rings (SSSR count). The molecule has 2 heterocycles. The first kappa shape index (κ1) is 29.0. The van der Waals surface area contributed by atoms with Crippen LogP contribution in [-0.2, 0) is 28.7 Å². The highest BCUT2D eigenvalue weighted by Crippen LogP contribution is 2.68. The monoisotopic (exact) mass is 590 g/mol. The summed E-state index contributed by atoms with van der Waals surface area (Å²) < 4.78 is 40.4. The van der Waals surface area contributed by atoms with Crippen molar-refractivity contribution >= 4 is 21.7 Å². The Hall–Kier alpha value is -2.05. The summed E-state index contributed by atoms with van der Waals surface area (Å²) >= 11 is 0. The van der Waals surface area contributed by atoms with Gasteiger partial charge in [-0.05, 0) is 49.7 Å². The molecule has 0 bridgehead atoms. The first-order valence-electron chi connectivity index (χ1n) is 14.7. The van der Waals surface area contributed by atoms with Crippen LogP contribution in [0.15, 0.2) is 40.4 Å². The number of hydrogen-bond acceptors (Lipinski definition) is 9. The molecule has 11 atom stereocenters. The van der Waals surface area contributed by atoms with Crippen LogP contribution in [0.5, 0.6) is 0 Å². The van der Waals surface area contributed by atoms with E-state index in [2.05, 4.69) is 24.3 Å². The minimum absolute atomic E-state index is 0.0514. The Labute approximate surface area is 241 Å². The summed E-state index contributed by atoms with van der Waals surface area (Å²) in [6, 6.07) is 8.05. The van der Waals surface area contributed by atoms with Crippen LogP contribution >= 0.6 is 0 Å². The largest absolute Gasteiger partial charge is 0.399 e. The first-order valence-corrected chi connectivity index (χ1v) is 16.1. The Bertz CT molecular complexity index is 1330. The van der Waals surface area contributed by atoms with Gasteiger partial charge in [0.25, 0.3) is 10.1 Å². The first-order chi connectivity index (χ1) is 19.3. The number of nitrogens with one attached hydrogen (secondary N) is 1. The van der Waals surface area contributed by atoms with E-state index >= 15 is 0 Å².